The highest BCUT2D eigenvalue weighted by Crippen LogP contribution is 2.28. The van der Waals surface area contributed by atoms with Crippen LogP contribution in [0, 0.1) is 0 Å². The number of methoxy groups -OCH3 is 1. The van der Waals surface area contributed by atoms with Crippen molar-refractivity contribution in [2.24, 2.45) is 0 Å². The molecule has 0 saturated carbocycles. The Morgan fingerprint density at radius 3 is 2.46 bits per heavy atom. The zero-order valence-corrected chi connectivity index (χ0v) is 16.9. The monoisotopic (exact) mass is 403 g/mol. The summed E-state index contributed by atoms with van der Waals surface area (Å²) in [5.41, 5.74) is 1.81. The molecule has 7 heteroatoms. The number of para-hydroxylation sites is 3. The molecule has 0 bridgehead atoms. The lowest BCUT2D eigenvalue weighted by Gasteiger charge is -2.37. The summed E-state index contributed by atoms with van der Waals surface area (Å²) in [5.74, 6) is 1.66. The summed E-state index contributed by atoms with van der Waals surface area (Å²) >= 11 is 0. The van der Waals surface area contributed by atoms with Crippen molar-refractivity contribution in [3.05, 3.63) is 54.1 Å². The highest BCUT2D eigenvalue weighted by molar-refractivity contribution is 5.97. The van der Waals surface area contributed by atoms with Gasteiger partial charge in [0.2, 0.25) is 0 Å². The standard InChI is InChI=1S/C21H25N3O3.ClH/c1-26-20-9-5-3-7-18(20)23-13-10-22(11-14-23)12-15-24-16-27-19-8-4-2-6-17(19)21(24)25;/h2-9H,10-16H2,1H3;1H. The normalized spacial score (nSPS) is 16.8. The van der Waals surface area contributed by atoms with Crippen molar-refractivity contribution in [2.75, 3.05) is 58.0 Å². The van der Waals surface area contributed by atoms with E-state index in [0.29, 0.717) is 24.6 Å². The molecule has 1 amide bonds. The van der Waals surface area contributed by atoms with Crippen molar-refractivity contribution in [1.82, 2.24) is 9.80 Å². The number of rotatable bonds is 5. The van der Waals surface area contributed by atoms with Gasteiger partial charge in [0.15, 0.2) is 6.73 Å². The summed E-state index contributed by atoms with van der Waals surface area (Å²) in [6.45, 7) is 5.71. The van der Waals surface area contributed by atoms with Gasteiger partial charge in [0, 0.05) is 39.3 Å². The first-order valence-electron chi connectivity index (χ1n) is 9.37. The van der Waals surface area contributed by atoms with Crippen LogP contribution in [0.3, 0.4) is 0 Å². The predicted octanol–water partition coefficient (Wildman–Crippen LogP) is 2.73. The Morgan fingerprint density at radius 2 is 1.68 bits per heavy atom. The lowest BCUT2D eigenvalue weighted by Crippen LogP contribution is -2.50. The zero-order chi connectivity index (χ0) is 18.6. The first-order chi connectivity index (χ1) is 13.3. The van der Waals surface area contributed by atoms with E-state index in [4.69, 9.17) is 9.47 Å². The second-order valence-corrected chi connectivity index (χ2v) is 6.84. The van der Waals surface area contributed by atoms with Gasteiger partial charge in [0.25, 0.3) is 5.91 Å². The van der Waals surface area contributed by atoms with Crippen LogP contribution < -0.4 is 14.4 Å². The lowest BCUT2D eigenvalue weighted by molar-refractivity contribution is 0.0488. The van der Waals surface area contributed by atoms with Gasteiger partial charge in [-0.05, 0) is 24.3 Å². The van der Waals surface area contributed by atoms with Crippen LogP contribution in [0.15, 0.2) is 48.5 Å². The fraction of sp³-hybridized carbons (Fsp3) is 0.381. The predicted molar refractivity (Wildman–Crippen MR) is 112 cm³/mol. The van der Waals surface area contributed by atoms with Gasteiger partial charge in [0.05, 0.1) is 18.4 Å². The van der Waals surface area contributed by atoms with Crippen LogP contribution in [0.25, 0.3) is 0 Å². The molecule has 2 heterocycles. The second-order valence-electron chi connectivity index (χ2n) is 6.84. The molecule has 2 aliphatic heterocycles. The molecule has 28 heavy (non-hydrogen) atoms. The molecule has 0 spiro atoms. The number of benzene rings is 2. The summed E-state index contributed by atoms with van der Waals surface area (Å²) in [6.07, 6.45) is 0. The van der Waals surface area contributed by atoms with Gasteiger partial charge in [-0.2, -0.15) is 0 Å². The maximum absolute atomic E-state index is 12.6. The van der Waals surface area contributed by atoms with Gasteiger partial charge in [-0.3, -0.25) is 9.69 Å². The molecule has 0 aliphatic carbocycles. The fourth-order valence-corrected chi connectivity index (χ4v) is 3.68. The molecule has 150 valence electrons. The average Bonchev–Trinajstić information content (AvgIpc) is 2.74. The Hall–Kier alpha value is -2.44. The van der Waals surface area contributed by atoms with Gasteiger partial charge in [-0.25, -0.2) is 0 Å². The van der Waals surface area contributed by atoms with Crippen LogP contribution in [0.2, 0.25) is 0 Å². The molecule has 2 aromatic carbocycles. The van der Waals surface area contributed by atoms with Crippen LogP contribution in [0.4, 0.5) is 5.69 Å². The summed E-state index contributed by atoms with van der Waals surface area (Å²) in [4.78, 5) is 19.2. The van der Waals surface area contributed by atoms with E-state index in [1.807, 2.05) is 42.5 Å². The van der Waals surface area contributed by atoms with Crippen molar-refractivity contribution in [3.8, 4) is 11.5 Å². The first kappa shape index (κ1) is 20.3. The van der Waals surface area contributed by atoms with E-state index in [9.17, 15) is 4.79 Å². The first-order valence-corrected chi connectivity index (χ1v) is 9.37. The molecule has 2 aliphatic rings. The lowest BCUT2D eigenvalue weighted by atomic mass is 10.1. The molecular weight excluding hydrogens is 378 g/mol. The van der Waals surface area contributed by atoms with Crippen LogP contribution in [0.5, 0.6) is 11.5 Å². The SMILES string of the molecule is COc1ccccc1N1CCN(CCN2COc3ccccc3C2=O)CC1.Cl. The van der Waals surface area contributed by atoms with E-state index in [-0.39, 0.29) is 18.3 Å². The number of fused-ring (bicyclic) bond motifs is 1. The molecule has 0 unspecified atom stereocenters. The Morgan fingerprint density at radius 1 is 0.964 bits per heavy atom. The minimum Gasteiger partial charge on any atom is -0.495 e. The van der Waals surface area contributed by atoms with Gasteiger partial charge >= 0.3 is 0 Å². The number of carbonyl (C=O) groups excluding carboxylic acids is 1. The van der Waals surface area contributed by atoms with E-state index in [1.54, 1.807) is 12.0 Å². The fourth-order valence-electron chi connectivity index (χ4n) is 3.68. The number of anilines is 1. The van der Waals surface area contributed by atoms with Gasteiger partial charge in [-0.15, -0.1) is 12.4 Å². The molecule has 0 radical (unpaired) electrons. The van der Waals surface area contributed by atoms with Crippen LogP contribution >= 0.6 is 12.4 Å². The van der Waals surface area contributed by atoms with E-state index in [1.165, 1.54) is 0 Å². The minimum atomic E-state index is 0. The summed E-state index contributed by atoms with van der Waals surface area (Å²) in [6, 6.07) is 15.6. The average molecular weight is 404 g/mol. The number of halogens is 1. The summed E-state index contributed by atoms with van der Waals surface area (Å²) in [7, 11) is 1.71. The summed E-state index contributed by atoms with van der Waals surface area (Å²) < 4.78 is 11.2. The van der Waals surface area contributed by atoms with Crippen molar-refractivity contribution in [3.63, 3.8) is 0 Å². The number of hydrogen-bond donors (Lipinski definition) is 0. The Balaban J connectivity index is 0.00000225. The van der Waals surface area contributed by atoms with Crippen LogP contribution in [-0.2, 0) is 0 Å². The molecule has 0 aromatic heterocycles. The number of nitrogens with zero attached hydrogens (tertiary/aromatic N) is 3. The third-order valence-electron chi connectivity index (χ3n) is 5.26. The number of hydrogen-bond acceptors (Lipinski definition) is 5. The van der Waals surface area contributed by atoms with Crippen molar-refractivity contribution < 1.29 is 14.3 Å². The highest BCUT2D eigenvalue weighted by atomic mass is 35.5. The zero-order valence-electron chi connectivity index (χ0n) is 16.0. The van der Waals surface area contributed by atoms with Crippen LogP contribution in [-0.4, -0.2) is 68.8 Å². The number of piperazine rings is 1. The molecule has 2 aromatic rings. The van der Waals surface area contributed by atoms with Gasteiger partial charge in [0.1, 0.15) is 11.5 Å². The van der Waals surface area contributed by atoms with Crippen molar-refractivity contribution in [1.29, 1.82) is 0 Å². The number of carbonyl (C=O) groups is 1. The third-order valence-corrected chi connectivity index (χ3v) is 5.26. The molecule has 1 fully saturated rings. The Labute approximate surface area is 172 Å². The minimum absolute atomic E-state index is 0. The Bertz CT molecular complexity index is 809. The van der Waals surface area contributed by atoms with Crippen molar-refractivity contribution >= 4 is 24.0 Å². The van der Waals surface area contributed by atoms with Crippen LogP contribution in [0.1, 0.15) is 10.4 Å². The molecule has 1 saturated heterocycles. The van der Waals surface area contributed by atoms with E-state index in [0.717, 1.165) is 44.2 Å². The third kappa shape index (κ3) is 4.18. The quantitative estimate of drug-likeness (QED) is 0.768. The Kier molecular flexibility index (Phi) is 6.65. The van der Waals surface area contributed by atoms with Gasteiger partial charge < -0.3 is 19.3 Å². The highest BCUT2D eigenvalue weighted by Gasteiger charge is 2.26. The smallest absolute Gasteiger partial charge is 0.260 e. The maximum Gasteiger partial charge on any atom is 0.260 e. The maximum atomic E-state index is 12.6. The molecule has 4 rings (SSSR count). The number of ether oxygens (including phenoxy) is 2. The van der Waals surface area contributed by atoms with E-state index < -0.39 is 0 Å². The largest absolute Gasteiger partial charge is 0.495 e. The van der Waals surface area contributed by atoms with E-state index >= 15 is 0 Å². The molecule has 0 N–H and O–H groups in total. The summed E-state index contributed by atoms with van der Waals surface area (Å²) in [5, 5.41) is 0. The molecular formula is C21H26ClN3O3. The van der Waals surface area contributed by atoms with Gasteiger partial charge in [-0.1, -0.05) is 24.3 Å². The number of amides is 1. The van der Waals surface area contributed by atoms with E-state index in [2.05, 4.69) is 15.9 Å². The molecule has 6 nitrogen and oxygen atoms in total. The topological polar surface area (TPSA) is 45.2 Å². The van der Waals surface area contributed by atoms with Crippen molar-refractivity contribution in [2.45, 2.75) is 0 Å². The molecule has 0 atom stereocenters. The second kappa shape index (κ2) is 9.17.